The summed E-state index contributed by atoms with van der Waals surface area (Å²) in [6, 6.07) is -1.10. The van der Waals surface area contributed by atoms with Crippen LogP contribution in [0.5, 0.6) is 0 Å². The van der Waals surface area contributed by atoms with Crippen LogP contribution in [0, 0.1) is 11.3 Å². The summed E-state index contributed by atoms with van der Waals surface area (Å²) in [6.07, 6.45) is 1.74. The zero-order valence-corrected chi connectivity index (χ0v) is 24.3. The van der Waals surface area contributed by atoms with Crippen molar-refractivity contribution < 1.29 is 38.2 Å². The molecule has 0 aromatic heterocycles. The number of carboxylic acids is 1. The van der Waals surface area contributed by atoms with Gasteiger partial charge in [0.25, 0.3) is 0 Å². The van der Waals surface area contributed by atoms with Gasteiger partial charge < -0.3 is 34.5 Å². The average molecular weight is 552 g/mol. The topological polar surface area (TPSA) is 144 Å². The van der Waals surface area contributed by atoms with E-state index in [0.717, 1.165) is 0 Å². The molecule has 0 bridgehead atoms. The standard InChI is InChI=1S/C26H41N3O8Si/c1-9-11-35-23(33)27-15-17(28-24(34)36-12-10-2)13-16-14-18-19(21(30)29(18)20(16)22(31)32)26(6,25(3,4)5)37-38(7)8/h9-10,17-19,38H,1-2,11-15H2,3-8H3,(H,27,33)(H,28,34)(H,31,32)/t17-,18-,19-,26-/m1/s1. The van der Waals surface area contributed by atoms with Crippen LogP contribution < -0.4 is 10.6 Å². The lowest BCUT2D eigenvalue weighted by molar-refractivity contribution is -0.180. The summed E-state index contributed by atoms with van der Waals surface area (Å²) in [4.78, 5) is 51.3. The number of amides is 3. The molecule has 11 nitrogen and oxygen atoms in total. The number of ether oxygens (including phenoxy) is 2. The van der Waals surface area contributed by atoms with E-state index in [0.29, 0.717) is 12.0 Å². The first-order valence-electron chi connectivity index (χ1n) is 12.7. The number of carbonyl (C=O) groups is 4. The van der Waals surface area contributed by atoms with Crippen molar-refractivity contribution in [1.29, 1.82) is 0 Å². The molecule has 0 spiro atoms. The summed E-state index contributed by atoms with van der Waals surface area (Å²) in [5, 5.41) is 15.3. The average Bonchev–Trinajstić information content (AvgIpc) is 3.12. The molecule has 4 atom stereocenters. The van der Waals surface area contributed by atoms with E-state index in [-0.39, 0.29) is 49.2 Å². The summed E-state index contributed by atoms with van der Waals surface area (Å²) in [5.41, 5.74) is -0.758. The smallest absolute Gasteiger partial charge is 0.407 e. The van der Waals surface area contributed by atoms with E-state index in [2.05, 4.69) is 23.8 Å². The van der Waals surface area contributed by atoms with Crippen molar-refractivity contribution in [2.75, 3.05) is 19.8 Å². The molecule has 0 aromatic rings. The highest BCUT2D eigenvalue weighted by Crippen LogP contribution is 2.53. The molecule has 2 aliphatic rings. The molecule has 2 rings (SSSR count). The fourth-order valence-electron chi connectivity index (χ4n) is 5.00. The van der Waals surface area contributed by atoms with Gasteiger partial charge in [0.2, 0.25) is 5.91 Å². The van der Waals surface area contributed by atoms with Crippen LogP contribution in [0.4, 0.5) is 9.59 Å². The van der Waals surface area contributed by atoms with Crippen LogP contribution in [-0.2, 0) is 23.5 Å². The third kappa shape index (κ3) is 6.84. The molecule has 2 aliphatic heterocycles. The summed E-state index contributed by atoms with van der Waals surface area (Å²) in [6.45, 7) is 19.0. The molecule has 0 aliphatic carbocycles. The Balaban J connectivity index is 2.31. The fourth-order valence-corrected chi connectivity index (χ4v) is 6.48. The number of nitrogens with one attached hydrogen (secondary N) is 2. The van der Waals surface area contributed by atoms with Gasteiger partial charge >= 0.3 is 18.2 Å². The maximum Gasteiger partial charge on any atom is 0.407 e. The van der Waals surface area contributed by atoms with Crippen LogP contribution in [0.25, 0.3) is 0 Å². The number of fused-ring (bicyclic) bond motifs is 1. The van der Waals surface area contributed by atoms with Crippen molar-refractivity contribution in [3.05, 3.63) is 36.6 Å². The van der Waals surface area contributed by atoms with Crippen molar-refractivity contribution in [3.63, 3.8) is 0 Å². The molecule has 1 fully saturated rings. The van der Waals surface area contributed by atoms with E-state index >= 15 is 0 Å². The van der Waals surface area contributed by atoms with Crippen molar-refractivity contribution in [3.8, 4) is 0 Å². The number of hydrogen-bond acceptors (Lipinski definition) is 7. The van der Waals surface area contributed by atoms with E-state index in [4.69, 9.17) is 13.9 Å². The van der Waals surface area contributed by atoms with Gasteiger partial charge in [-0.15, -0.1) is 0 Å². The van der Waals surface area contributed by atoms with Crippen LogP contribution >= 0.6 is 0 Å². The van der Waals surface area contributed by atoms with Gasteiger partial charge in [-0.25, -0.2) is 14.4 Å². The Bertz CT molecular complexity index is 989. The first-order chi connectivity index (χ1) is 17.7. The lowest BCUT2D eigenvalue weighted by Gasteiger charge is -2.57. The van der Waals surface area contributed by atoms with Crippen molar-refractivity contribution in [1.82, 2.24) is 15.5 Å². The molecule has 0 unspecified atom stereocenters. The summed E-state index contributed by atoms with van der Waals surface area (Å²) in [7, 11) is -1.55. The molecule has 3 N–H and O–H groups in total. The zero-order chi connectivity index (χ0) is 28.8. The van der Waals surface area contributed by atoms with Crippen LogP contribution in [0.2, 0.25) is 13.1 Å². The van der Waals surface area contributed by atoms with E-state index in [1.54, 1.807) is 0 Å². The number of nitrogens with zero attached hydrogens (tertiary/aromatic N) is 1. The highest BCUT2D eigenvalue weighted by atomic mass is 28.3. The Labute approximate surface area is 226 Å². The van der Waals surface area contributed by atoms with Crippen LogP contribution in [0.1, 0.15) is 40.5 Å². The number of β-lactam (4-membered cyclic amide) rings is 1. The second-order valence-electron chi connectivity index (χ2n) is 10.9. The van der Waals surface area contributed by atoms with Gasteiger partial charge in [-0.05, 0) is 43.8 Å². The Morgan fingerprint density at radius 2 is 1.71 bits per heavy atom. The van der Waals surface area contributed by atoms with E-state index in [9.17, 15) is 24.3 Å². The molecule has 12 heteroatoms. The van der Waals surface area contributed by atoms with Gasteiger partial charge in [0, 0.05) is 6.54 Å². The fraction of sp³-hybridized carbons (Fsp3) is 0.615. The summed E-state index contributed by atoms with van der Waals surface area (Å²) in [5.74, 6) is -2.02. The molecule has 1 saturated heterocycles. The highest BCUT2D eigenvalue weighted by Gasteiger charge is 2.64. The summed E-state index contributed by atoms with van der Waals surface area (Å²) < 4.78 is 16.4. The van der Waals surface area contributed by atoms with E-state index in [1.807, 2.05) is 40.8 Å². The van der Waals surface area contributed by atoms with Gasteiger partial charge in [-0.1, -0.05) is 46.1 Å². The minimum absolute atomic E-state index is 0.00755. The Kier molecular flexibility index (Phi) is 10.3. The predicted octanol–water partition coefficient (Wildman–Crippen LogP) is 2.94. The highest BCUT2D eigenvalue weighted by molar-refractivity contribution is 6.48. The summed E-state index contributed by atoms with van der Waals surface area (Å²) >= 11 is 0. The number of alkyl carbamates (subject to hydrolysis) is 2. The van der Waals surface area contributed by atoms with Crippen molar-refractivity contribution >= 4 is 33.1 Å². The molecular weight excluding hydrogens is 510 g/mol. The monoisotopic (exact) mass is 551 g/mol. The minimum Gasteiger partial charge on any atom is -0.477 e. The molecular formula is C26H41N3O8Si. The predicted molar refractivity (Wildman–Crippen MR) is 144 cm³/mol. The largest absolute Gasteiger partial charge is 0.477 e. The van der Waals surface area contributed by atoms with Crippen molar-refractivity contribution in [2.24, 2.45) is 11.3 Å². The first kappa shape index (κ1) is 31.1. The second kappa shape index (κ2) is 12.6. The van der Waals surface area contributed by atoms with Crippen LogP contribution in [0.3, 0.4) is 0 Å². The molecule has 3 amide bonds. The SMILES string of the molecule is C=CCOC(=O)NC[C@@H](CC1=C(C(=O)O)N2C(=O)[C@H]([C@@](C)(O[SiH](C)C)C(C)(C)C)[C@H]2C1)NC(=O)OCC=C. The molecule has 212 valence electrons. The van der Waals surface area contributed by atoms with Crippen LogP contribution in [0.15, 0.2) is 36.6 Å². The Morgan fingerprint density at radius 1 is 1.13 bits per heavy atom. The Hall–Kier alpha value is -3.12. The van der Waals surface area contributed by atoms with Gasteiger partial charge in [-0.2, -0.15) is 0 Å². The molecule has 2 heterocycles. The third-order valence-electron chi connectivity index (χ3n) is 6.99. The maximum atomic E-state index is 13.5. The third-order valence-corrected chi connectivity index (χ3v) is 7.95. The lowest BCUT2D eigenvalue weighted by atomic mass is 9.63. The van der Waals surface area contributed by atoms with E-state index in [1.165, 1.54) is 17.1 Å². The van der Waals surface area contributed by atoms with Gasteiger partial charge in [0.1, 0.15) is 18.9 Å². The molecule has 0 saturated carbocycles. The first-order valence-corrected chi connectivity index (χ1v) is 15.5. The number of hydrogen-bond donors (Lipinski definition) is 3. The zero-order valence-electron chi connectivity index (χ0n) is 23.2. The minimum atomic E-state index is -1.55. The lowest BCUT2D eigenvalue weighted by Crippen LogP contribution is -2.70. The molecule has 0 aromatic carbocycles. The number of carbonyl (C=O) groups excluding carboxylic acids is 3. The number of carboxylic acid groups (broad SMARTS) is 1. The van der Waals surface area contributed by atoms with E-state index < -0.39 is 44.8 Å². The van der Waals surface area contributed by atoms with Gasteiger partial charge in [0.15, 0.2) is 9.04 Å². The molecule has 0 radical (unpaired) electrons. The van der Waals surface area contributed by atoms with Crippen LogP contribution in [-0.4, -0.2) is 80.6 Å². The van der Waals surface area contributed by atoms with Gasteiger partial charge in [0.05, 0.1) is 23.6 Å². The number of aliphatic carboxylic acids is 1. The normalized spacial score (nSPS) is 21.1. The maximum absolute atomic E-state index is 13.5. The second-order valence-corrected chi connectivity index (χ2v) is 13.3. The number of rotatable bonds is 13. The van der Waals surface area contributed by atoms with Crippen molar-refractivity contribution in [2.45, 2.75) is 71.3 Å². The molecule has 38 heavy (non-hydrogen) atoms. The quantitative estimate of drug-likeness (QED) is 0.180. The van der Waals surface area contributed by atoms with Gasteiger partial charge in [-0.3, -0.25) is 4.79 Å². The Morgan fingerprint density at radius 3 is 2.21 bits per heavy atom.